The number of rotatable bonds is 4. The van der Waals surface area contributed by atoms with Crippen molar-refractivity contribution in [2.75, 3.05) is 18.1 Å². The lowest BCUT2D eigenvalue weighted by molar-refractivity contribution is 0.849. The first kappa shape index (κ1) is 11.0. The van der Waals surface area contributed by atoms with Crippen molar-refractivity contribution in [3.63, 3.8) is 0 Å². The third-order valence-corrected chi connectivity index (χ3v) is 3.02. The number of benzene rings is 1. The van der Waals surface area contributed by atoms with Gasteiger partial charge in [0.1, 0.15) is 0 Å². The predicted octanol–water partition coefficient (Wildman–Crippen LogP) is 0.710. The summed E-state index contributed by atoms with van der Waals surface area (Å²) in [6.07, 6.45) is 0. The number of hydrogen-bond acceptors (Lipinski definition) is 5. The Bertz CT molecular complexity index is 453. The van der Waals surface area contributed by atoms with Crippen molar-refractivity contribution in [3.05, 3.63) is 30.3 Å². The molecule has 0 saturated carbocycles. The Labute approximate surface area is 97.8 Å². The van der Waals surface area contributed by atoms with Gasteiger partial charge in [0.15, 0.2) is 5.82 Å². The van der Waals surface area contributed by atoms with Crippen LogP contribution in [-0.2, 0) is 0 Å². The van der Waals surface area contributed by atoms with E-state index in [0.29, 0.717) is 17.5 Å². The van der Waals surface area contributed by atoms with Gasteiger partial charge in [-0.3, -0.25) is 0 Å². The van der Waals surface area contributed by atoms with E-state index in [4.69, 9.17) is 11.6 Å². The first-order valence-electron chi connectivity index (χ1n) is 4.91. The number of thioether (sulfide) groups is 1. The maximum Gasteiger partial charge on any atom is 0.210 e. The second-order valence-corrected chi connectivity index (χ2v) is 4.24. The summed E-state index contributed by atoms with van der Waals surface area (Å²) in [4.78, 5) is 0. The average molecular weight is 235 g/mol. The van der Waals surface area contributed by atoms with E-state index in [1.54, 1.807) is 0 Å². The predicted molar refractivity (Wildman–Crippen MR) is 65.4 cm³/mol. The molecule has 4 N–H and O–H groups in total. The lowest BCUT2D eigenvalue weighted by Crippen LogP contribution is -2.12. The standard InChI is InChI=1S/C10H13N5S/c11-6-7-16-10-14-13-9(15(10)12)8-4-2-1-3-5-8/h1-5H,6-7,11-12H2. The average Bonchev–Trinajstić information content (AvgIpc) is 2.69. The summed E-state index contributed by atoms with van der Waals surface area (Å²) in [6.45, 7) is 0.595. The largest absolute Gasteiger partial charge is 0.335 e. The fraction of sp³-hybridized carbons (Fsp3) is 0.200. The quantitative estimate of drug-likeness (QED) is 0.602. The summed E-state index contributed by atoms with van der Waals surface area (Å²) in [7, 11) is 0. The van der Waals surface area contributed by atoms with Gasteiger partial charge in [-0.2, -0.15) is 0 Å². The zero-order chi connectivity index (χ0) is 11.4. The van der Waals surface area contributed by atoms with Gasteiger partial charge in [0.2, 0.25) is 5.16 Å². The maximum atomic E-state index is 5.91. The Morgan fingerprint density at radius 1 is 1.19 bits per heavy atom. The summed E-state index contributed by atoms with van der Waals surface area (Å²) >= 11 is 1.50. The van der Waals surface area contributed by atoms with E-state index >= 15 is 0 Å². The minimum atomic E-state index is 0.595. The molecule has 2 aromatic rings. The van der Waals surface area contributed by atoms with Crippen LogP contribution in [0.15, 0.2) is 35.5 Å². The van der Waals surface area contributed by atoms with Crippen molar-refractivity contribution in [1.29, 1.82) is 0 Å². The van der Waals surface area contributed by atoms with E-state index in [9.17, 15) is 0 Å². The zero-order valence-corrected chi connectivity index (χ0v) is 9.52. The van der Waals surface area contributed by atoms with Gasteiger partial charge in [0.05, 0.1) is 0 Å². The third-order valence-electron chi connectivity index (χ3n) is 2.05. The SMILES string of the molecule is NCCSc1nnc(-c2ccccc2)n1N. The van der Waals surface area contributed by atoms with Gasteiger partial charge in [-0.25, -0.2) is 4.68 Å². The smallest absolute Gasteiger partial charge is 0.210 e. The third kappa shape index (κ3) is 2.17. The van der Waals surface area contributed by atoms with Gasteiger partial charge in [-0.15, -0.1) is 10.2 Å². The monoisotopic (exact) mass is 235 g/mol. The van der Waals surface area contributed by atoms with Crippen molar-refractivity contribution in [3.8, 4) is 11.4 Å². The Morgan fingerprint density at radius 2 is 1.94 bits per heavy atom. The summed E-state index contributed by atoms with van der Waals surface area (Å²) in [5.74, 6) is 7.35. The summed E-state index contributed by atoms with van der Waals surface area (Å²) in [5.41, 5.74) is 6.38. The van der Waals surface area contributed by atoms with Crippen LogP contribution < -0.4 is 11.6 Å². The lowest BCUT2D eigenvalue weighted by atomic mass is 10.2. The van der Waals surface area contributed by atoms with Crippen molar-refractivity contribution in [1.82, 2.24) is 14.9 Å². The van der Waals surface area contributed by atoms with Gasteiger partial charge in [0, 0.05) is 17.9 Å². The molecular formula is C10H13N5S. The van der Waals surface area contributed by atoms with Crippen LogP contribution in [0, 0.1) is 0 Å². The highest BCUT2D eigenvalue weighted by Gasteiger charge is 2.10. The molecule has 1 aromatic carbocycles. The van der Waals surface area contributed by atoms with Crippen LogP contribution in [0.3, 0.4) is 0 Å². The van der Waals surface area contributed by atoms with Crippen molar-refractivity contribution in [2.45, 2.75) is 5.16 Å². The number of nitrogens with two attached hydrogens (primary N) is 2. The normalized spacial score (nSPS) is 10.6. The lowest BCUT2D eigenvalue weighted by Gasteiger charge is -2.02. The van der Waals surface area contributed by atoms with Crippen molar-refractivity contribution >= 4 is 11.8 Å². The highest BCUT2D eigenvalue weighted by atomic mass is 32.2. The zero-order valence-electron chi connectivity index (χ0n) is 8.71. The van der Waals surface area contributed by atoms with Crippen LogP contribution in [0.25, 0.3) is 11.4 Å². The Hall–Kier alpha value is -1.53. The van der Waals surface area contributed by atoms with Crippen molar-refractivity contribution in [2.24, 2.45) is 5.73 Å². The van der Waals surface area contributed by atoms with E-state index in [1.165, 1.54) is 16.4 Å². The number of nitrogen functional groups attached to an aromatic ring is 1. The number of nitrogens with zero attached hydrogens (tertiary/aromatic N) is 3. The molecule has 0 fully saturated rings. The van der Waals surface area contributed by atoms with E-state index in [0.717, 1.165) is 11.3 Å². The Morgan fingerprint density at radius 3 is 2.62 bits per heavy atom. The molecule has 2 rings (SSSR count). The molecule has 0 aliphatic carbocycles. The summed E-state index contributed by atoms with van der Waals surface area (Å²) in [5, 5.41) is 8.77. The highest BCUT2D eigenvalue weighted by Crippen LogP contribution is 2.20. The van der Waals surface area contributed by atoms with Gasteiger partial charge in [-0.05, 0) is 0 Å². The minimum absolute atomic E-state index is 0.595. The van der Waals surface area contributed by atoms with Gasteiger partial charge in [0.25, 0.3) is 0 Å². The van der Waals surface area contributed by atoms with Crippen LogP contribution >= 0.6 is 11.8 Å². The summed E-state index contributed by atoms with van der Waals surface area (Å²) < 4.78 is 1.50. The molecule has 0 amide bonds. The molecule has 0 unspecified atom stereocenters. The molecule has 0 radical (unpaired) electrons. The molecule has 1 heterocycles. The molecular weight excluding hydrogens is 222 g/mol. The number of aromatic nitrogens is 3. The van der Waals surface area contributed by atoms with Gasteiger partial charge in [-0.1, -0.05) is 42.1 Å². The van der Waals surface area contributed by atoms with Gasteiger partial charge >= 0.3 is 0 Å². The minimum Gasteiger partial charge on any atom is -0.335 e. The Kier molecular flexibility index (Phi) is 3.43. The molecule has 0 spiro atoms. The fourth-order valence-electron chi connectivity index (χ4n) is 1.31. The van der Waals surface area contributed by atoms with Crippen LogP contribution in [0.1, 0.15) is 0 Å². The molecule has 0 aliphatic heterocycles. The summed E-state index contributed by atoms with van der Waals surface area (Å²) in [6, 6.07) is 9.73. The molecule has 6 heteroatoms. The van der Waals surface area contributed by atoms with E-state index in [-0.39, 0.29) is 0 Å². The van der Waals surface area contributed by atoms with Crippen LogP contribution in [0.4, 0.5) is 0 Å². The first-order valence-corrected chi connectivity index (χ1v) is 5.90. The molecule has 0 aliphatic rings. The topological polar surface area (TPSA) is 82.8 Å². The fourth-order valence-corrected chi connectivity index (χ4v) is 1.93. The van der Waals surface area contributed by atoms with Crippen LogP contribution in [-0.4, -0.2) is 27.2 Å². The van der Waals surface area contributed by atoms with Gasteiger partial charge < -0.3 is 11.6 Å². The van der Waals surface area contributed by atoms with E-state index < -0.39 is 0 Å². The molecule has 0 bridgehead atoms. The molecule has 0 atom stereocenters. The Balaban J connectivity index is 2.27. The van der Waals surface area contributed by atoms with E-state index in [1.807, 2.05) is 30.3 Å². The second kappa shape index (κ2) is 5.00. The maximum absolute atomic E-state index is 5.91. The molecule has 1 aromatic heterocycles. The number of hydrogen-bond donors (Lipinski definition) is 2. The molecule has 84 valence electrons. The van der Waals surface area contributed by atoms with E-state index in [2.05, 4.69) is 10.2 Å². The van der Waals surface area contributed by atoms with Crippen LogP contribution in [0.5, 0.6) is 0 Å². The van der Waals surface area contributed by atoms with Crippen LogP contribution in [0.2, 0.25) is 0 Å². The van der Waals surface area contributed by atoms with Crippen molar-refractivity contribution < 1.29 is 0 Å². The molecule has 16 heavy (non-hydrogen) atoms. The second-order valence-electron chi connectivity index (χ2n) is 3.18. The molecule has 5 nitrogen and oxygen atoms in total. The highest BCUT2D eigenvalue weighted by molar-refractivity contribution is 7.99. The first-order chi connectivity index (χ1) is 7.83. The molecule has 0 saturated heterocycles.